The fourth-order valence-electron chi connectivity index (χ4n) is 10.5. The highest BCUT2D eigenvalue weighted by Crippen LogP contribution is 2.45. The van der Waals surface area contributed by atoms with Crippen LogP contribution in [0.5, 0.6) is 23.0 Å². The molecule has 0 saturated carbocycles. The van der Waals surface area contributed by atoms with E-state index in [0.717, 1.165) is 27.6 Å². The number of amides is 4. The van der Waals surface area contributed by atoms with Crippen molar-refractivity contribution in [1.29, 1.82) is 0 Å². The molecule has 9 rings (SSSR count). The van der Waals surface area contributed by atoms with Crippen LogP contribution in [0.4, 0.5) is 14.5 Å². The smallest absolute Gasteiger partial charge is 0.264 e. The van der Waals surface area contributed by atoms with Gasteiger partial charge in [0.15, 0.2) is 11.5 Å². The zero-order valence-corrected chi connectivity index (χ0v) is 39.2. The van der Waals surface area contributed by atoms with Gasteiger partial charge in [-0.05, 0) is 105 Å². The molecule has 0 radical (unpaired) electrons. The first kappa shape index (κ1) is 46.7. The predicted octanol–water partition coefficient (Wildman–Crippen LogP) is 7.05. The summed E-state index contributed by atoms with van der Waals surface area (Å²) in [5.41, 5.74) is 3.53. The predicted molar refractivity (Wildman–Crippen MR) is 249 cm³/mol. The number of aromatic nitrogens is 2. The molecule has 4 amide bonds. The van der Waals surface area contributed by atoms with Gasteiger partial charge in [0.1, 0.15) is 21.3 Å². The summed E-state index contributed by atoms with van der Waals surface area (Å²) >= 11 is 0. The van der Waals surface area contributed by atoms with Crippen molar-refractivity contribution in [3.8, 4) is 23.0 Å². The maximum Gasteiger partial charge on any atom is 0.264 e. The van der Waals surface area contributed by atoms with Crippen LogP contribution in [0.3, 0.4) is 0 Å². The molecule has 4 aliphatic heterocycles. The third-order valence-electron chi connectivity index (χ3n) is 13.7. The number of aryl methyl sites for hydroxylation is 1. The summed E-state index contributed by atoms with van der Waals surface area (Å²) in [5, 5.41) is 7.80. The van der Waals surface area contributed by atoms with Gasteiger partial charge >= 0.3 is 0 Å². The van der Waals surface area contributed by atoms with Crippen molar-refractivity contribution >= 4 is 50.1 Å². The zero-order chi connectivity index (χ0) is 48.1. The molecule has 5 aromatic rings. The summed E-state index contributed by atoms with van der Waals surface area (Å²) in [6.07, 6.45) is 3.01. The van der Waals surface area contributed by atoms with Gasteiger partial charge in [-0.15, -0.1) is 0 Å². The van der Waals surface area contributed by atoms with Crippen LogP contribution < -0.4 is 24.4 Å². The number of nitrogens with one attached hydrogen (secondary N) is 1. The standard InChI is InChI=1S/C50H54F2N6O9S/c1-5-66-43-25-32(11-17-42(43)65-3)41(28-68(4,63)64)58-48(61)36-7-6-8-39(45(36)49(58)62)57-23-19-31(20-24-57)38-21-22-56(29-50(38,51)52)27-30-9-12-33(13-10-30)67-34-14-15-35-40(26-34)55(2)54-46(35)37-16-18-44(59)53-47(37)60/h6-15,17,25-26,31,37-38,41H,5,16,18-24,27-29H2,1-4H3,(H,53,59,60)/t37?,38-,41-/m1/s1. The van der Waals surface area contributed by atoms with Crippen molar-refractivity contribution in [3.63, 3.8) is 0 Å². The fourth-order valence-corrected chi connectivity index (χ4v) is 11.4. The SMILES string of the molecule is CCOc1cc([C@@H](CS(C)(=O)=O)N2C(=O)c3cccc(N4CCC([C@H]5CCN(Cc6ccc(Oc7ccc8c(C9CCC(=O)NC9=O)nn(C)c8c7)cc6)CC5(F)F)CC4)c3C2=O)ccc1OC. The van der Waals surface area contributed by atoms with Crippen LogP contribution >= 0.6 is 0 Å². The van der Waals surface area contributed by atoms with Crippen LogP contribution in [0.25, 0.3) is 10.9 Å². The van der Waals surface area contributed by atoms with Crippen LogP contribution in [0.15, 0.2) is 78.9 Å². The molecule has 1 unspecified atom stereocenters. The molecule has 3 atom stereocenters. The van der Waals surface area contributed by atoms with Gasteiger partial charge in [0.2, 0.25) is 11.8 Å². The molecule has 1 N–H and O–H groups in total. The average Bonchev–Trinajstić information content (AvgIpc) is 3.76. The van der Waals surface area contributed by atoms with Crippen LogP contribution in [-0.4, -0.2) is 109 Å². The number of methoxy groups -OCH3 is 1. The molecule has 0 bridgehead atoms. The van der Waals surface area contributed by atoms with Crippen LogP contribution in [0.1, 0.15) is 88.5 Å². The van der Waals surface area contributed by atoms with E-state index >= 15 is 8.78 Å². The first-order chi connectivity index (χ1) is 32.5. The van der Waals surface area contributed by atoms with Crippen molar-refractivity contribution in [2.24, 2.45) is 18.9 Å². The maximum atomic E-state index is 16.1. The van der Waals surface area contributed by atoms with Gasteiger partial charge in [-0.25, -0.2) is 17.2 Å². The van der Waals surface area contributed by atoms with E-state index in [-0.39, 0.29) is 41.8 Å². The van der Waals surface area contributed by atoms with E-state index in [1.54, 1.807) is 66.0 Å². The summed E-state index contributed by atoms with van der Waals surface area (Å²) in [7, 11) is -0.426. The number of nitrogens with zero attached hydrogens (tertiary/aromatic N) is 5. The number of hydrogen-bond donors (Lipinski definition) is 1. The number of sulfone groups is 1. The Bertz CT molecular complexity index is 2900. The first-order valence-corrected chi connectivity index (χ1v) is 25.0. The molecule has 4 aliphatic rings. The number of rotatable bonds is 14. The Morgan fingerprint density at radius 1 is 0.882 bits per heavy atom. The number of ether oxygens (including phenoxy) is 3. The highest BCUT2D eigenvalue weighted by atomic mass is 32.2. The highest BCUT2D eigenvalue weighted by molar-refractivity contribution is 7.90. The third kappa shape index (κ3) is 9.27. The molecule has 1 aromatic heterocycles. The van der Waals surface area contributed by atoms with Crippen molar-refractivity contribution in [2.45, 2.75) is 63.5 Å². The number of likely N-dealkylation sites (tertiary alicyclic amines) is 1. The van der Waals surface area contributed by atoms with Crippen LogP contribution in [0.2, 0.25) is 0 Å². The second kappa shape index (κ2) is 18.6. The van der Waals surface area contributed by atoms with Gasteiger partial charge in [-0.3, -0.25) is 39.0 Å². The molecule has 5 heterocycles. The number of piperidine rings is 3. The molecular formula is C50H54F2N6O9S. The van der Waals surface area contributed by atoms with E-state index in [0.29, 0.717) is 98.4 Å². The van der Waals surface area contributed by atoms with Crippen molar-refractivity contribution in [3.05, 3.63) is 107 Å². The Kier molecular flexibility index (Phi) is 12.8. The molecule has 3 saturated heterocycles. The van der Waals surface area contributed by atoms with Gasteiger partial charge in [0.25, 0.3) is 17.7 Å². The number of alkyl halides is 2. The number of hydrogen-bond acceptors (Lipinski definition) is 12. The lowest BCUT2D eigenvalue weighted by Crippen LogP contribution is -2.52. The van der Waals surface area contributed by atoms with E-state index in [2.05, 4.69) is 10.4 Å². The van der Waals surface area contributed by atoms with Crippen LogP contribution in [0, 0.1) is 11.8 Å². The summed E-state index contributed by atoms with van der Waals surface area (Å²) in [6, 6.07) is 21.6. The lowest BCUT2D eigenvalue weighted by Gasteiger charge is -2.45. The number of halogens is 2. The molecule has 0 aliphatic carbocycles. The largest absolute Gasteiger partial charge is 0.493 e. The Hall–Kier alpha value is -6.40. The second-order valence-corrected chi connectivity index (χ2v) is 20.4. The normalized spacial score (nSPS) is 20.7. The van der Waals surface area contributed by atoms with E-state index in [1.807, 2.05) is 41.3 Å². The molecule has 18 heteroatoms. The van der Waals surface area contributed by atoms with Gasteiger partial charge in [-0.1, -0.05) is 24.3 Å². The first-order valence-electron chi connectivity index (χ1n) is 22.9. The average molecular weight is 953 g/mol. The van der Waals surface area contributed by atoms with E-state index < -0.39 is 51.2 Å². The fraction of sp³-hybridized carbons (Fsp3) is 0.420. The third-order valence-corrected chi connectivity index (χ3v) is 14.7. The monoisotopic (exact) mass is 952 g/mol. The van der Waals surface area contributed by atoms with Crippen LogP contribution in [-0.2, 0) is 33.0 Å². The van der Waals surface area contributed by atoms with Crippen molar-refractivity contribution in [1.82, 2.24) is 24.9 Å². The number of carbonyl (C=O) groups excluding carboxylic acids is 4. The number of anilines is 1. The highest BCUT2D eigenvalue weighted by Gasteiger charge is 2.49. The zero-order valence-electron chi connectivity index (χ0n) is 38.4. The van der Waals surface area contributed by atoms with E-state index in [9.17, 15) is 27.6 Å². The molecule has 3 fully saturated rings. The topological polar surface area (TPSA) is 170 Å². The van der Waals surface area contributed by atoms with Gasteiger partial charge in [0.05, 0.1) is 66.0 Å². The summed E-state index contributed by atoms with van der Waals surface area (Å²) in [6.45, 7) is 3.42. The summed E-state index contributed by atoms with van der Waals surface area (Å²) in [5.74, 6) is -4.93. The van der Waals surface area contributed by atoms with Gasteiger partial charge in [0, 0.05) is 56.7 Å². The number of imide groups is 2. The molecule has 0 spiro atoms. The number of carbonyl (C=O) groups is 4. The maximum absolute atomic E-state index is 16.1. The van der Waals surface area contributed by atoms with E-state index in [4.69, 9.17) is 14.2 Å². The molecule has 4 aromatic carbocycles. The van der Waals surface area contributed by atoms with E-state index in [1.165, 1.54) is 7.11 Å². The lowest BCUT2D eigenvalue weighted by atomic mass is 9.76. The quantitative estimate of drug-likeness (QED) is 0.113. The number of fused-ring (bicyclic) bond motifs is 2. The van der Waals surface area contributed by atoms with Gasteiger partial charge in [-0.2, -0.15) is 5.10 Å². The molecule has 68 heavy (non-hydrogen) atoms. The number of benzene rings is 4. The minimum absolute atomic E-state index is 0.166. The Balaban J connectivity index is 0.815. The van der Waals surface area contributed by atoms with Crippen molar-refractivity contribution < 1.29 is 50.6 Å². The van der Waals surface area contributed by atoms with Crippen molar-refractivity contribution in [2.75, 3.05) is 56.8 Å². The Morgan fingerprint density at radius 3 is 2.32 bits per heavy atom. The minimum atomic E-state index is -3.70. The second-order valence-electron chi connectivity index (χ2n) is 18.3. The Labute approximate surface area is 393 Å². The minimum Gasteiger partial charge on any atom is -0.493 e. The Morgan fingerprint density at radius 2 is 1.63 bits per heavy atom. The van der Waals surface area contributed by atoms with Gasteiger partial charge < -0.3 is 19.1 Å². The molecule has 15 nitrogen and oxygen atoms in total. The summed E-state index contributed by atoms with van der Waals surface area (Å²) < 4.78 is 76.7. The summed E-state index contributed by atoms with van der Waals surface area (Å²) in [4.78, 5) is 57.4. The lowest BCUT2D eigenvalue weighted by molar-refractivity contribution is -0.134. The molecular weight excluding hydrogens is 899 g/mol. The molecule has 358 valence electrons.